The van der Waals surface area contributed by atoms with Gasteiger partial charge in [0.2, 0.25) is 5.91 Å². The number of aliphatic hydroxyl groups excluding tert-OH is 1. The molecule has 0 spiro atoms. The molecule has 3 rings (SSSR count). The van der Waals surface area contributed by atoms with E-state index in [0.29, 0.717) is 6.54 Å². The fraction of sp³-hybridized carbons (Fsp3) is 0.357. The maximum atomic E-state index is 11.6. The smallest absolute Gasteiger partial charge is 0.223 e. The molecule has 19 heavy (non-hydrogen) atoms. The summed E-state index contributed by atoms with van der Waals surface area (Å²) in [4.78, 5) is 14.5. The first-order valence-electron chi connectivity index (χ1n) is 6.32. The molecule has 0 aromatic carbocycles. The number of carbonyl (C=O) groups excluding carboxylic acids is 1. The molecule has 1 atom stereocenters. The molecule has 1 amide bonds. The largest absolute Gasteiger partial charge is 0.382 e. The monoisotopic (exact) mass is 293 g/mol. The normalized spacial score (nSPS) is 16.3. The molecule has 2 aromatic heterocycles. The minimum atomic E-state index is -0.544. The van der Waals surface area contributed by atoms with Crippen molar-refractivity contribution in [1.82, 2.24) is 5.32 Å². The summed E-state index contributed by atoms with van der Waals surface area (Å²) in [6.07, 6.45) is 1.51. The maximum absolute atomic E-state index is 11.6. The van der Waals surface area contributed by atoms with Gasteiger partial charge in [-0.15, -0.1) is 22.7 Å². The van der Waals surface area contributed by atoms with Gasteiger partial charge in [0.15, 0.2) is 0 Å². The highest BCUT2D eigenvalue weighted by molar-refractivity contribution is 7.12. The van der Waals surface area contributed by atoms with Crippen LogP contribution in [0.15, 0.2) is 29.6 Å². The van der Waals surface area contributed by atoms with Crippen LogP contribution in [0.3, 0.4) is 0 Å². The Morgan fingerprint density at radius 2 is 2.21 bits per heavy atom. The van der Waals surface area contributed by atoms with Crippen molar-refractivity contribution in [2.24, 2.45) is 5.92 Å². The van der Waals surface area contributed by atoms with Gasteiger partial charge in [-0.05, 0) is 36.4 Å². The van der Waals surface area contributed by atoms with E-state index < -0.39 is 6.10 Å². The first-order chi connectivity index (χ1) is 9.24. The molecule has 0 saturated heterocycles. The molecule has 0 aliphatic heterocycles. The third-order valence-electron chi connectivity index (χ3n) is 3.15. The number of hydrogen-bond acceptors (Lipinski definition) is 4. The summed E-state index contributed by atoms with van der Waals surface area (Å²) in [7, 11) is 0. The van der Waals surface area contributed by atoms with Crippen molar-refractivity contribution < 1.29 is 9.90 Å². The fourth-order valence-corrected chi connectivity index (χ4v) is 3.65. The van der Waals surface area contributed by atoms with Gasteiger partial charge in [-0.2, -0.15) is 0 Å². The average Bonchev–Trinajstić information content (AvgIpc) is 2.95. The number of amides is 1. The zero-order valence-corrected chi connectivity index (χ0v) is 12.0. The van der Waals surface area contributed by atoms with E-state index in [0.717, 1.165) is 27.5 Å². The molecule has 2 aromatic rings. The first-order valence-corrected chi connectivity index (χ1v) is 8.01. The van der Waals surface area contributed by atoms with Gasteiger partial charge in [0, 0.05) is 20.5 Å². The highest BCUT2D eigenvalue weighted by Crippen LogP contribution is 2.31. The minimum Gasteiger partial charge on any atom is -0.382 e. The molecule has 1 fully saturated rings. The Balaban J connectivity index is 1.61. The molecule has 0 unspecified atom stereocenters. The van der Waals surface area contributed by atoms with Crippen LogP contribution in [0.4, 0.5) is 0 Å². The lowest BCUT2D eigenvalue weighted by molar-refractivity contribution is -0.122. The molecule has 3 nitrogen and oxygen atoms in total. The third-order valence-corrected chi connectivity index (χ3v) is 5.21. The van der Waals surface area contributed by atoms with Crippen LogP contribution in [-0.4, -0.2) is 11.0 Å². The quantitative estimate of drug-likeness (QED) is 0.890. The number of thiophene rings is 2. The van der Waals surface area contributed by atoms with E-state index in [-0.39, 0.29) is 11.8 Å². The molecule has 2 N–H and O–H groups in total. The van der Waals surface area contributed by atoms with Crippen LogP contribution in [0.5, 0.6) is 0 Å². The molecular weight excluding hydrogens is 278 g/mol. The van der Waals surface area contributed by atoms with Crippen molar-refractivity contribution in [2.45, 2.75) is 25.5 Å². The summed E-state index contributed by atoms with van der Waals surface area (Å²) < 4.78 is 0. The number of hydrogen-bond donors (Lipinski definition) is 2. The van der Waals surface area contributed by atoms with E-state index in [1.54, 1.807) is 22.7 Å². The van der Waals surface area contributed by atoms with Gasteiger partial charge in [0.05, 0.1) is 6.54 Å². The molecule has 2 heterocycles. The average molecular weight is 293 g/mol. The molecule has 0 radical (unpaired) electrons. The predicted molar refractivity (Wildman–Crippen MR) is 77.3 cm³/mol. The molecule has 1 aliphatic carbocycles. The summed E-state index contributed by atoms with van der Waals surface area (Å²) in [6, 6.07) is 7.79. The highest BCUT2D eigenvalue weighted by Gasteiger charge is 2.29. The first kappa shape index (κ1) is 12.8. The van der Waals surface area contributed by atoms with Crippen LogP contribution in [0.1, 0.15) is 33.6 Å². The Morgan fingerprint density at radius 1 is 1.37 bits per heavy atom. The summed E-state index contributed by atoms with van der Waals surface area (Å²) in [5.74, 6) is 0.407. The van der Waals surface area contributed by atoms with Crippen molar-refractivity contribution >= 4 is 28.6 Å². The molecular formula is C14H15NO2S2. The van der Waals surface area contributed by atoms with E-state index in [1.165, 1.54) is 0 Å². The van der Waals surface area contributed by atoms with E-state index in [9.17, 15) is 9.90 Å². The lowest BCUT2D eigenvalue weighted by Crippen LogP contribution is -2.23. The topological polar surface area (TPSA) is 49.3 Å². The van der Waals surface area contributed by atoms with Gasteiger partial charge in [-0.25, -0.2) is 0 Å². The molecule has 0 bridgehead atoms. The lowest BCUT2D eigenvalue weighted by Gasteiger charge is -2.05. The van der Waals surface area contributed by atoms with Gasteiger partial charge in [0.25, 0.3) is 0 Å². The Labute approximate surface area is 119 Å². The summed E-state index contributed by atoms with van der Waals surface area (Å²) in [5, 5.41) is 15.1. The van der Waals surface area contributed by atoms with Gasteiger partial charge in [-0.3, -0.25) is 4.79 Å². The third kappa shape index (κ3) is 3.05. The van der Waals surface area contributed by atoms with Crippen LogP contribution < -0.4 is 5.32 Å². The van der Waals surface area contributed by atoms with Crippen molar-refractivity contribution in [3.05, 3.63) is 44.3 Å². The Hall–Kier alpha value is -1.17. The Kier molecular flexibility index (Phi) is 3.68. The number of rotatable bonds is 5. The van der Waals surface area contributed by atoms with E-state index >= 15 is 0 Å². The molecule has 100 valence electrons. The van der Waals surface area contributed by atoms with Crippen LogP contribution in [0.25, 0.3) is 0 Å². The van der Waals surface area contributed by atoms with Crippen molar-refractivity contribution in [3.8, 4) is 0 Å². The number of nitrogens with one attached hydrogen (secondary N) is 1. The Bertz CT molecular complexity index is 558. The predicted octanol–water partition coefficient (Wildman–Crippen LogP) is 2.92. The molecule has 1 aliphatic rings. The van der Waals surface area contributed by atoms with Crippen molar-refractivity contribution in [1.29, 1.82) is 0 Å². The zero-order chi connectivity index (χ0) is 13.2. The van der Waals surface area contributed by atoms with E-state index in [2.05, 4.69) is 5.32 Å². The molecule has 5 heteroatoms. The van der Waals surface area contributed by atoms with Gasteiger partial charge in [-0.1, -0.05) is 6.07 Å². The van der Waals surface area contributed by atoms with Crippen LogP contribution >= 0.6 is 22.7 Å². The van der Waals surface area contributed by atoms with Crippen LogP contribution in [0, 0.1) is 5.92 Å². The SMILES string of the molecule is O=C(NCc1ccc([C@@H](O)c2cccs2)s1)C1CC1. The summed E-state index contributed by atoms with van der Waals surface area (Å²) in [5.41, 5.74) is 0. The van der Waals surface area contributed by atoms with Gasteiger partial charge in [0.1, 0.15) is 6.10 Å². The fourth-order valence-electron chi connectivity index (χ4n) is 1.89. The van der Waals surface area contributed by atoms with Crippen LogP contribution in [-0.2, 0) is 11.3 Å². The second-order valence-corrected chi connectivity index (χ2v) is 6.89. The van der Waals surface area contributed by atoms with Gasteiger partial charge >= 0.3 is 0 Å². The van der Waals surface area contributed by atoms with Crippen molar-refractivity contribution in [2.75, 3.05) is 0 Å². The number of aliphatic hydroxyl groups is 1. The number of carbonyl (C=O) groups is 1. The summed E-state index contributed by atoms with van der Waals surface area (Å²) >= 11 is 3.11. The second-order valence-electron chi connectivity index (χ2n) is 4.71. The zero-order valence-electron chi connectivity index (χ0n) is 10.3. The molecule has 1 saturated carbocycles. The van der Waals surface area contributed by atoms with E-state index in [1.807, 2.05) is 29.6 Å². The lowest BCUT2D eigenvalue weighted by atomic mass is 10.2. The summed E-state index contributed by atoms with van der Waals surface area (Å²) in [6.45, 7) is 0.567. The van der Waals surface area contributed by atoms with Crippen LogP contribution in [0.2, 0.25) is 0 Å². The standard InChI is InChI=1S/C14H15NO2S2/c16-13(11-2-1-7-18-11)12-6-5-10(19-12)8-15-14(17)9-3-4-9/h1-2,5-7,9,13,16H,3-4,8H2,(H,15,17)/t13-/m0/s1. The Morgan fingerprint density at radius 3 is 2.89 bits per heavy atom. The van der Waals surface area contributed by atoms with Crippen molar-refractivity contribution in [3.63, 3.8) is 0 Å². The minimum absolute atomic E-state index is 0.161. The second kappa shape index (κ2) is 5.45. The van der Waals surface area contributed by atoms with Gasteiger partial charge < -0.3 is 10.4 Å². The maximum Gasteiger partial charge on any atom is 0.223 e. The van der Waals surface area contributed by atoms with E-state index in [4.69, 9.17) is 0 Å². The highest BCUT2D eigenvalue weighted by atomic mass is 32.1.